The second-order valence-electron chi connectivity index (χ2n) is 9.03. The van der Waals surface area contributed by atoms with Crippen LogP contribution in [0.4, 0.5) is 19.0 Å². The van der Waals surface area contributed by atoms with Gasteiger partial charge in [-0.25, -0.2) is 9.97 Å². The summed E-state index contributed by atoms with van der Waals surface area (Å²) in [5.41, 5.74) is 3.29. The minimum absolute atomic E-state index is 0.227. The van der Waals surface area contributed by atoms with Gasteiger partial charge in [-0.05, 0) is 42.0 Å². The number of alkyl halides is 3. The third kappa shape index (κ3) is 4.36. The predicted octanol–water partition coefficient (Wildman–Crippen LogP) is 4.21. The summed E-state index contributed by atoms with van der Waals surface area (Å²) in [5.74, 6) is 0.880. The Kier molecular flexibility index (Phi) is 6.00. The molecule has 0 unspecified atom stereocenters. The van der Waals surface area contributed by atoms with Crippen molar-refractivity contribution >= 4 is 27.8 Å². The number of morpholine rings is 1. The van der Waals surface area contributed by atoms with E-state index in [1.807, 2.05) is 36.5 Å². The van der Waals surface area contributed by atoms with E-state index in [-0.39, 0.29) is 5.62 Å². The first-order chi connectivity index (χ1) is 18.8. The number of anilines is 1. The van der Waals surface area contributed by atoms with E-state index in [4.69, 9.17) is 4.74 Å². The van der Waals surface area contributed by atoms with Crippen LogP contribution in [0.3, 0.4) is 0 Å². The fourth-order valence-electron chi connectivity index (χ4n) is 4.82. The zero-order valence-electron chi connectivity index (χ0n) is 20.7. The first kappa shape index (κ1) is 24.6. The Labute approximate surface area is 220 Å². The Hall–Kier alpha value is -4.76. The van der Waals surface area contributed by atoms with Crippen molar-refractivity contribution < 1.29 is 17.9 Å². The molecule has 0 saturated carbocycles. The molecular weight excluding hydrogens is 509 g/mol. The summed E-state index contributed by atoms with van der Waals surface area (Å²) in [6.07, 6.45) is 1.82. The van der Waals surface area contributed by atoms with Gasteiger partial charge < -0.3 is 14.2 Å². The van der Waals surface area contributed by atoms with Crippen LogP contribution >= 0.6 is 0 Å². The molecule has 1 aliphatic rings. The lowest BCUT2D eigenvalue weighted by molar-refractivity contribution is -0.141. The van der Waals surface area contributed by atoms with Gasteiger partial charge in [0.15, 0.2) is 0 Å². The molecule has 39 heavy (non-hydrogen) atoms. The lowest BCUT2D eigenvalue weighted by Gasteiger charge is -2.27. The quantitative estimate of drug-likeness (QED) is 0.324. The topological polar surface area (TPSA) is 97.2 Å². The maximum atomic E-state index is 13.2. The molecule has 5 heterocycles. The van der Waals surface area contributed by atoms with Crippen LogP contribution in [0.1, 0.15) is 5.69 Å². The van der Waals surface area contributed by atoms with Crippen molar-refractivity contribution in [2.45, 2.75) is 6.18 Å². The number of fused-ring (bicyclic) bond motifs is 3. The molecule has 1 aliphatic heterocycles. The SMILES string of the molecule is Cn1c(=NC#N)n(-c2ccc(C(F)(F)F)nc2)c2c3cc(-c4ccc(N5CCOCC5)nc4)ccc3ncc21. The molecule has 0 spiro atoms. The number of aromatic nitrogens is 5. The van der Waals surface area contributed by atoms with Gasteiger partial charge in [0.05, 0.1) is 47.8 Å². The van der Waals surface area contributed by atoms with Gasteiger partial charge in [0, 0.05) is 37.3 Å². The largest absolute Gasteiger partial charge is 0.433 e. The zero-order valence-corrected chi connectivity index (χ0v) is 20.7. The van der Waals surface area contributed by atoms with E-state index in [1.165, 1.54) is 6.07 Å². The number of imidazole rings is 1. The van der Waals surface area contributed by atoms with E-state index in [0.29, 0.717) is 35.5 Å². The molecule has 196 valence electrons. The Morgan fingerprint density at radius 1 is 0.949 bits per heavy atom. The highest BCUT2D eigenvalue weighted by Gasteiger charge is 2.32. The summed E-state index contributed by atoms with van der Waals surface area (Å²) in [4.78, 5) is 19.0. The van der Waals surface area contributed by atoms with Crippen LogP contribution < -0.4 is 10.5 Å². The number of nitrogens with zero attached hydrogens (tertiary/aromatic N) is 8. The molecule has 6 rings (SSSR count). The Morgan fingerprint density at radius 3 is 2.41 bits per heavy atom. The number of hydrogen-bond acceptors (Lipinski definition) is 7. The average Bonchev–Trinajstić information content (AvgIpc) is 3.24. The predicted molar refractivity (Wildman–Crippen MR) is 138 cm³/mol. The Balaban J connectivity index is 1.53. The van der Waals surface area contributed by atoms with Crippen molar-refractivity contribution in [3.05, 3.63) is 72.4 Å². The van der Waals surface area contributed by atoms with Crippen molar-refractivity contribution in [2.75, 3.05) is 31.2 Å². The highest BCUT2D eigenvalue weighted by molar-refractivity contribution is 6.04. The Morgan fingerprint density at radius 2 is 1.74 bits per heavy atom. The van der Waals surface area contributed by atoms with Gasteiger partial charge in [-0.15, -0.1) is 4.99 Å². The molecule has 1 saturated heterocycles. The van der Waals surface area contributed by atoms with Gasteiger partial charge in [0.1, 0.15) is 11.5 Å². The number of nitriles is 1. The van der Waals surface area contributed by atoms with E-state index >= 15 is 0 Å². The molecule has 0 N–H and O–H groups in total. The maximum Gasteiger partial charge on any atom is 0.433 e. The standard InChI is InChI=1S/C27H21F3N8O/c1-36-22-15-32-21-5-2-17(18-3-7-24(34-13-18)37-8-10-39-11-9-37)12-20(21)25(22)38(26(36)35-16-31)19-4-6-23(33-14-19)27(28,29)30/h2-7,12-15H,8-11H2,1H3. The molecular formula is C27H21F3N8O. The number of ether oxygens (including phenoxy) is 1. The van der Waals surface area contributed by atoms with E-state index in [1.54, 1.807) is 28.6 Å². The van der Waals surface area contributed by atoms with Crippen LogP contribution in [-0.4, -0.2) is 50.4 Å². The van der Waals surface area contributed by atoms with Crippen molar-refractivity contribution in [2.24, 2.45) is 12.0 Å². The van der Waals surface area contributed by atoms with Crippen LogP contribution in [0.5, 0.6) is 0 Å². The molecule has 4 aromatic heterocycles. The fraction of sp³-hybridized carbons (Fsp3) is 0.222. The third-order valence-electron chi connectivity index (χ3n) is 6.77. The van der Waals surface area contributed by atoms with Crippen LogP contribution in [-0.2, 0) is 18.0 Å². The molecule has 5 aromatic rings. The van der Waals surface area contributed by atoms with Gasteiger partial charge in [0.25, 0.3) is 0 Å². The summed E-state index contributed by atoms with van der Waals surface area (Å²) < 4.78 is 48.2. The van der Waals surface area contributed by atoms with Gasteiger partial charge >= 0.3 is 6.18 Å². The average molecular weight is 531 g/mol. The fourth-order valence-corrected chi connectivity index (χ4v) is 4.82. The van der Waals surface area contributed by atoms with Gasteiger partial charge in [0.2, 0.25) is 11.8 Å². The van der Waals surface area contributed by atoms with Crippen LogP contribution in [0.25, 0.3) is 38.8 Å². The monoisotopic (exact) mass is 530 g/mol. The van der Waals surface area contributed by atoms with E-state index < -0.39 is 11.9 Å². The Bertz CT molecular complexity index is 1790. The minimum atomic E-state index is -4.57. The molecule has 0 atom stereocenters. The lowest BCUT2D eigenvalue weighted by atomic mass is 10.0. The zero-order chi connectivity index (χ0) is 27.1. The highest BCUT2D eigenvalue weighted by atomic mass is 19.4. The van der Waals surface area contributed by atoms with E-state index in [9.17, 15) is 18.4 Å². The number of aryl methyl sites for hydroxylation is 1. The molecule has 12 heteroatoms. The van der Waals surface area contributed by atoms with Crippen LogP contribution in [0, 0.1) is 11.5 Å². The van der Waals surface area contributed by atoms with Crippen LogP contribution in [0.15, 0.2) is 66.0 Å². The first-order valence-corrected chi connectivity index (χ1v) is 12.1. The second-order valence-corrected chi connectivity index (χ2v) is 9.03. The number of rotatable bonds is 3. The summed E-state index contributed by atoms with van der Waals surface area (Å²) in [6.45, 7) is 2.91. The second kappa shape index (κ2) is 9.52. The molecule has 0 bridgehead atoms. The molecule has 1 aromatic carbocycles. The molecule has 1 fully saturated rings. The highest BCUT2D eigenvalue weighted by Crippen LogP contribution is 2.31. The molecule has 0 aliphatic carbocycles. The van der Waals surface area contributed by atoms with E-state index in [2.05, 4.69) is 24.8 Å². The van der Waals surface area contributed by atoms with Crippen molar-refractivity contribution in [1.29, 1.82) is 5.26 Å². The molecule has 9 nitrogen and oxygen atoms in total. The number of benzene rings is 1. The van der Waals surface area contributed by atoms with Crippen molar-refractivity contribution in [3.8, 4) is 23.0 Å². The summed E-state index contributed by atoms with van der Waals surface area (Å²) in [5, 5.41) is 10.1. The molecule has 0 amide bonds. The number of hydrogen-bond donors (Lipinski definition) is 0. The van der Waals surface area contributed by atoms with Gasteiger partial charge in [-0.3, -0.25) is 9.55 Å². The van der Waals surface area contributed by atoms with E-state index in [0.717, 1.165) is 47.7 Å². The minimum Gasteiger partial charge on any atom is -0.378 e. The maximum absolute atomic E-state index is 13.2. The lowest BCUT2D eigenvalue weighted by Crippen LogP contribution is -2.36. The smallest absolute Gasteiger partial charge is 0.378 e. The summed E-state index contributed by atoms with van der Waals surface area (Å²) in [6, 6.07) is 12.0. The first-order valence-electron chi connectivity index (χ1n) is 12.1. The van der Waals surface area contributed by atoms with Gasteiger partial charge in [-0.1, -0.05) is 6.07 Å². The number of halogens is 3. The molecule has 0 radical (unpaired) electrons. The van der Waals surface area contributed by atoms with Crippen molar-refractivity contribution in [3.63, 3.8) is 0 Å². The van der Waals surface area contributed by atoms with Gasteiger partial charge in [-0.2, -0.15) is 18.4 Å². The third-order valence-corrected chi connectivity index (χ3v) is 6.77. The summed E-state index contributed by atoms with van der Waals surface area (Å²) >= 11 is 0. The normalized spacial score (nSPS) is 14.7. The summed E-state index contributed by atoms with van der Waals surface area (Å²) in [7, 11) is 1.72. The van der Waals surface area contributed by atoms with Crippen molar-refractivity contribution in [1.82, 2.24) is 24.1 Å². The van der Waals surface area contributed by atoms with Crippen LogP contribution in [0.2, 0.25) is 0 Å². The number of pyridine rings is 3.